The second-order valence-electron chi connectivity index (χ2n) is 3.14. The second kappa shape index (κ2) is 4.00. The Morgan fingerprint density at radius 1 is 1.47 bits per heavy atom. The normalized spacial score (nSPS) is 13.2. The monoisotopic (exact) mass is 227 g/mol. The maximum absolute atomic E-state index is 9.40. The van der Waals surface area contributed by atoms with Gasteiger partial charge < -0.3 is 15.4 Å². The van der Waals surface area contributed by atoms with Gasteiger partial charge in [-0.05, 0) is 0 Å². The van der Waals surface area contributed by atoms with E-state index in [4.69, 9.17) is 17.3 Å². The zero-order valence-corrected chi connectivity index (χ0v) is 8.59. The van der Waals surface area contributed by atoms with E-state index in [9.17, 15) is 5.11 Å². The highest BCUT2D eigenvalue weighted by Gasteiger charge is 2.10. The number of aliphatic hydroxyl groups excluding tert-OH is 1. The van der Waals surface area contributed by atoms with Gasteiger partial charge >= 0.3 is 0 Å². The fraction of sp³-hybridized carbons (Fsp3) is 0.375. The van der Waals surface area contributed by atoms with Gasteiger partial charge in [0.05, 0.1) is 24.9 Å². The van der Waals surface area contributed by atoms with E-state index in [2.05, 4.69) is 15.0 Å². The van der Waals surface area contributed by atoms with Gasteiger partial charge in [-0.15, -0.1) is 11.6 Å². The number of aromatic nitrogens is 4. The van der Waals surface area contributed by atoms with Gasteiger partial charge in [0.25, 0.3) is 0 Å². The predicted molar refractivity (Wildman–Crippen MR) is 56.5 cm³/mol. The van der Waals surface area contributed by atoms with Crippen molar-refractivity contribution in [2.24, 2.45) is 0 Å². The highest BCUT2D eigenvalue weighted by molar-refractivity contribution is 6.18. The molecule has 0 radical (unpaired) electrons. The molecular weight excluding hydrogens is 218 g/mol. The summed E-state index contributed by atoms with van der Waals surface area (Å²) in [7, 11) is 0. The molecule has 2 heterocycles. The predicted octanol–water partition coefficient (Wildman–Crippen LogP) is 0.00820. The Morgan fingerprint density at radius 2 is 2.27 bits per heavy atom. The van der Waals surface area contributed by atoms with Crippen molar-refractivity contribution in [2.75, 3.05) is 11.6 Å². The Balaban J connectivity index is 2.41. The third-order valence-electron chi connectivity index (χ3n) is 2.02. The van der Waals surface area contributed by atoms with Crippen LogP contribution in [0.25, 0.3) is 11.2 Å². The second-order valence-corrected chi connectivity index (χ2v) is 3.44. The van der Waals surface area contributed by atoms with Crippen molar-refractivity contribution in [3.05, 3.63) is 12.7 Å². The van der Waals surface area contributed by atoms with Crippen molar-refractivity contribution in [2.45, 2.75) is 12.6 Å². The van der Waals surface area contributed by atoms with Crippen molar-refractivity contribution in [3.63, 3.8) is 0 Å². The van der Waals surface area contributed by atoms with Gasteiger partial charge in [0.1, 0.15) is 11.8 Å². The Hall–Kier alpha value is -1.40. The average molecular weight is 228 g/mol. The van der Waals surface area contributed by atoms with E-state index in [-0.39, 0.29) is 5.88 Å². The summed E-state index contributed by atoms with van der Waals surface area (Å²) in [5.41, 5.74) is 6.76. The Kier molecular flexibility index (Phi) is 2.70. The number of fused-ring (bicyclic) bond motifs is 1. The molecule has 0 aromatic carbocycles. The molecule has 0 saturated carbocycles. The van der Waals surface area contributed by atoms with E-state index in [1.165, 1.54) is 6.33 Å². The van der Waals surface area contributed by atoms with E-state index in [1.54, 1.807) is 10.9 Å². The molecule has 0 aliphatic heterocycles. The van der Waals surface area contributed by atoms with E-state index < -0.39 is 6.10 Å². The first kappa shape index (κ1) is 10.1. The summed E-state index contributed by atoms with van der Waals surface area (Å²) < 4.78 is 1.69. The lowest BCUT2D eigenvalue weighted by Gasteiger charge is -2.07. The standard InChI is InChI=1S/C8H10ClN5O/c9-1-5(15)2-14-4-13-6-7(10)11-3-12-8(6)14/h3-5,15H,1-2H2,(H2,10,11,12)/t5-/m0/s1. The van der Waals surface area contributed by atoms with Crippen molar-refractivity contribution >= 4 is 28.6 Å². The molecule has 2 rings (SSSR count). The molecule has 1 atom stereocenters. The highest BCUT2D eigenvalue weighted by Crippen LogP contribution is 2.14. The summed E-state index contributed by atoms with van der Waals surface area (Å²) in [4.78, 5) is 11.9. The van der Waals surface area contributed by atoms with Crippen LogP contribution in [0.4, 0.5) is 5.82 Å². The zero-order valence-electron chi connectivity index (χ0n) is 7.84. The van der Waals surface area contributed by atoms with E-state index in [1.807, 2.05) is 0 Å². The van der Waals surface area contributed by atoms with Crippen LogP contribution in [0.2, 0.25) is 0 Å². The number of nitrogen functional groups attached to an aromatic ring is 1. The molecule has 7 heteroatoms. The molecule has 0 fully saturated rings. The van der Waals surface area contributed by atoms with Crippen molar-refractivity contribution in [3.8, 4) is 0 Å². The molecule has 3 N–H and O–H groups in total. The molecular formula is C8H10ClN5O. The molecule has 0 aliphatic rings. The van der Waals surface area contributed by atoms with Gasteiger partial charge in [0, 0.05) is 0 Å². The molecule has 0 amide bonds. The van der Waals surface area contributed by atoms with Crippen LogP contribution < -0.4 is 5.73 Å². The molecule has 6 nitrogen and oxygen atoms in total. The lowest BCUT2D eigenvalue weighted by atomic mass is 10.4. The van der Waals surface area contributed by atoms with Gasteiger partial charge in [-0.3, -0.25) is 0 Å². The van der Waals surface area contributed by atoms with Crippen molar-refractivity contribution in [1.82, 2.24) is 19.5 Å². The SMILES string of the molecule is Nc1ncnc2c1ncn2C[C@@H](O)CCl. The molecule has 2 aromatic rings. The molecule has 0 unspecified atom stereocenters. The van der Waals surface area contributed by atoms with Crippen LogP contribution in [-0.4, -0.2) is 36.6 Å². The number of imidazole rings is 1. The summed E-state index contributed by atoms with van der Waals surface area (Å²) in [6.45, 7) is 0.344. The van der Waals surface area contributed by atoms with Crippen molar-refractivity contribution in [1.29, 1.82) is 0 Å². The number of nitrogens with zero attached hydrogens (tertiary/aromatic N) is 4. The minimum Gasteiger partial charge on any atom is -0.390 e. The lowest BCUT2D eigenvalue weighted by molar-refractivity contribution is 0.178. The first-order valence-corrected chi connectivity index (χ1v) is 4.91. The summed E-state index contributed by atoms with van der Waals surface area (Å²) in [5, 5.41) is 9.40. The third kappa shape index (κ3) is 1.86. The lowest BCUT2D eigenvalue weighted by Crippen LogP contribution is -2.17. The molecule has 2 aromatic heterocycles. The topological polar surface area (TPSA) is 89.9 Å². The van der Waals surface area contributed by atoms with Gasteiger partial charge in [-0.1, -0.05) is 0 Å². The summed E-state index contributed by atoms with van der Waals surface area (Å²) in [6, 6.07) is 0. The molecule has 0 saturated heterocycles. The van der Waals surface area contributed by atoms with Gasteiger partial charge in [0.2, 0.25) is 0 Å². The fourth-order valence-electron chi connectivity index (χ4n) is 1.31. The Morgan fingerprint density at radius 3 is 3.00 bits per heavy atom. The minimum atomic E-state index is -0.625. The van der Waals surface area contributed by atoms with Gasteiger partial charge in [-0.2, -0.15) is 0 Å². The van der Waals surface area contributed by atoms with Gasteiger partial charge in [-0.25, -0.2) is 15.0 Å². The van der Waals surface area contributed by atoms with Crippen LogP contribution in [0.5, 0.6) is 0 Å². The maximum Gasteiger partial charge on any atom is 0.165 e. The number of alkyl halides is 1. The number of hydrogen-bond donors (Lipinski definition) is 2. The van der Waals surface area contributed by atoms with E-state index in [0.717, 1.165) is 0 Å². The maximum atomic E-state index is 9.40. The quantitative estimate of drug-likeness (QED) is 0.721. The Bertz CT molecular complexity index is 471. The number of aliphatic hydroxyl groups is 1. The average Bonchev–Trinajstić information content (AvgIpc) is 2.63. The van der Waals surface area contributed by atoms with Gasteiger partial charge in [0.15, 0.2) is 11.5 Å². The van der Waals surface area contributed by atoms with Crippen LogP contribution in [0.3, 0.4) is 0 Å². The smallest absolute Gasteiger partial charge is 0.165 e. The molecule has 15 heavy (non-hydrogen) atoms. The minimum absolute atomic E-state index is 0.167. The number of rotatable bonds is 3. The molecule has 80 valence electrons. The summed E-state index contributed by atoms with van der Waals surface area (Å²) >= 11 is 5.51. The zero-order chi connectivity index (χ0) is 10.8. The summed E-state index contributed by atoms with van der Waals surface area (Å²) in [5.74, 6) is 0.499. The van der Waals surface area contributed by atoms with Crippen LogP contribution >= 0.6 is 11.6 Å². The molecule has 0 aliphatic carbocycles. The number of anilines is 1. The number of nitrogens with two attached hydrogens (primary N) is 1. The fourth-order valence-corrected chi connectivity index (χ4v) is 1.41. The van der Waals surface area contributed by atoms with E-state index in [0.29, 0.717) is 23.5 Å². The number of hydrogen-bond acceptors (Lipinski definition) is 5. The first-order valence-electron chi connectivity index (χ1n) is 4.37. The largest absolute Gasteiger partial charge is 0.390 e. The van der Waals surface area contributed by atoms with Crippen LogP contribution in [0.15, 0.2) is 12.7 Å². The van der Waals surface area contributed by atoms with Crippen LogP contribution in [-0.2, 0) is 6.54 Å². The van der Waals surface area contributed by atoms with Crippen LogP contribution in [0, 0.1) is 0 Å². The molecule has 0 bridgehead atoms. The first-order chi connectivity index (χ1) is 7.22. The number of halogens is 1. The molecule has 0 spiro atoms. The van der Waals surface area contributed by atoms with Crippen molar-refractivity contribution < 1.29 is 5.11 Å². The Labute approximate surface area is 90.7 Å². The third-order valence-corrected chi connectivity index (χ3v) is 2.37. The summed E-state index contributed by atoms with van der Waals surface area (Å²) in [6.07, 6.45) is 2.30. The van der Waals surface area contributed by atoms with Crippen LogP contribution in [0.1, 0.15) is 0 Å². The van der Waals surface area contributed by atoms with E-state index >= 15 is 0 Å². The highest BCUT2D eigenvalue weighted by atomic mass is 35.5.